The molecule has 2 aromatic rings. The van der Waals surface area contributed by atoms with Crippen molar-refractivity contribution in [3.05, 3.63) is 46.3 Å². The van der Waals surface area contributed by atoms with E-state index < -0.39 is 11.5 Å². The summed E-state index contributed by atoms with van der Waals surface area (Å²) in [4.78, 5) is 37.5. The lowest BCUT2D eigenvalue weighted by atomic mass is 10.2. The number of para-hydroxylation sites is 1. The monoisotopic (exact) mass is 300 g/mol. The topological polar surface area (TPSA) is 79.6 Å². The fraction of sp³-hybridized carbons (Fsp3) is 0.312. The molecule has 114 valence electrons. The number of nitrogens with zero attached hydrogens (tertiary/aromatic N) is 1. The average Bonchev–Trinajstić information content (AvgIpc) is 3.06. The van der Waals surface area contributed by atoms with Gasteiger partial charge in [0.05, 0.1) is 6.54 Å². The summed E-state index contributed by atoms with van der Waals surface area (Å²) in [6.45, 7) is 1.35. The Morgan fingerprint density at radius 3 is 2.68 bits per heavy atom. The Morgan fingerprint density at radius 1 is 1.18 bits per heavy atom. The van der Waals surface area contributed by atoms with Crippen LogP contribution >= 0.6 is 0 Å². The van der Waals surface area contributed by atoms with Gasteiger partial charge in [-0.25, -0.2) is 4.79 Å². The highest BCUT2D eigenvalue weighted by Crippen LogP contribution is 2.12. The second-order valence-corrected chi connectivity index (χ2v) is 5.26. The molecular weight excluding hydrogens is 284 g/mol. The number of nitrogens with one attached hydrogen (secondary N) is 1. The lowest BCUT2D eigenvalue weighted by molar-refractivity contribution is -0.129. The summed E-state index contributed by atoms with van der Waals surface area (Å²) in [6, 6.07) is 8.44. The second-order valence-electron chi connectivity index (χ2n) is 5.26. The van der Waals surface area contributed by atoms with Crippen LogP contribution in [0.1, 0.15) is 23.2 Å². The van der Waals surface area contributed by atoms with Crippen LogP contribution in [0.3, 0.4) is 0 Å². The summed E-state index contributed by atoms with van der Waals surface area (Å²) in [7, 11) is 0. The van der Waals surface area contributed by atoms with Gasteiger partial charge in [0.15, 0.2) is 0 Å². The highest BCUT2D eigenvalue weighted by atomic mass is 16.4. The number of rotatable bonds is 3. The van der Waals surface area contributed by atoms with E-state index in [9.17, 15) is 14.4 Å². The second kappa shape index (κ2) is 6.01. The van der Waals surface area contributed by atoms with Gasteiger partial charge in [-0.1, -0.05) is 18.2 Å². The van der Waals surface area contributed by atoms with E-state index in [1.807, 2.05) is 0 Å². The minimum Gasteiger partial charge on any atom is -0.422 e. The molecule has 0 unspecified atom stereocenters. The summed E-state index contributed by atoms with van der Waals surface area (Å²) in [5.74, 6) is -0.719. The third-order valence-electron chi connectivity index (χ3n) is 3.74. The van der Waals surface area contributed by atoms with Crippen molar-refractivity contribution in [3.8, 4) is 0 Å². The molecule has 1 aliphatic heterocycles. The van der Waals surface area contributed by atoms with Crippen molar-refractivity contribution in [2.45, 2.75) is 12.8 Å². The number of amides is 2. The van der Waals surface area contributed by atoms with Crippen molar-refractivity contribution < 1.29 is 14.0 Å². The summed E-state index contributed by atoms with van der Waals surface area (Å²) in [6.07, 6.45) is 1.99. The van der Waals surface area contributed by atoms with Gasteiger partial charge in [0.2, 0.25) is 5.91 Å². The van der Waals surface area contributed by atoms with Crippen LogP contribution in [0, 0.1) is 0 Å². The summed E-state index contributed by atoms with van der Waals surface area (Å²) in [5, 5.41) is 3.16. The normalized spacial score (nSPS) is 14.3. The molecule has 1 aromatic heterocycles. The van der Waals surface area contributed by atoms with E-state index in [-0.39, 0.29) is 18.0 Å². The zero-order valence-corrected chi connectivity index (χ0v) is 12.0. The van der Waals surface area contributed by atoms with E-state index in [2.05, 4.69) is 5.32 Å². The van der Waals surface area contributed by atoms with E-state index in [1.54, 1.807) is 29.2 Å². The quantitative estimate of drug-likeness (QED) is 0.862. The van der Waals surface area contributed by atoms with Gasteiger partial charge in [0, 0.05) is 18.5 Å². The molecule has 0 saturated carbocycles. The molecule has 1 saturated heterocycles. The Balaban J connectivity index is 1.73. The van der Waals surface area contributed by atoms with Gasteiger partial charge in [0.1, 0.15) is 11.1 Å². The largest absolute Gasteiger partial charge is 0.422 e. The predicted octanol–water partition coefficient (Wildman–Crippen LogP) is 1.15. The van der Waals surface area contributed by atoms with E-state index in [1.165, 1.54) is 6.07 Å². The van der Waals surface area contributed by atoms with E-state index in [0.29, 0.717) is 11.0 Å². The van der Waals surface area contributed by atoms with Crippen LogP contribution in [0.4, 0.5) is 0 Å². The molecule has 1 aromatic carbocycles. The molecule has 0 spiro atoms. The van der Waals surface area contributed by atoms with Gasteiger partial charge >= 0.3 is 5.63 Å². The third-order valence-corrected chi connectivity index (χ3v) is 3.74. The maximum Gasteiger partial charge on any atom is 0.349 e. The number of carbonyl (C=O) groups is 2. The van der Waals surface area contributed by atoms with E-state index in [4.69, 9.17) is 4.42 Å². The van der Waals surface area contributed by atoms with Crippen LogP contribution in [-0.4, -0.2) is 36.3 Å². The lowest BCUT2D eigenvalue weighted by Crippen LogP contribution is -2.39. The molecule has 3 rings (SSSR count). The average molecular weight is 300 g/mol. The molecule has 6 nitrogen and oxygen atoms in total. The fourth-order valence-electron chi connectivity index (χ4n) is 2.55. The van der Waals surface area contributed by atoms with Crippen molar-refractivity contribution in [1.82, 2.24) is 10.2 Å². The minimum atomic E-state index is -0.704. The Bertz CT molecular complexity index is 775. The first kappa shape index (κ1) is 14.3. The molecule has 2 amide bonds. The highest BCUT2D eigenvalue weighted by Gasteiger charge is 2.19. The maximum atomic E-state index is 12.1. The van der Waals surface area contributed by atoms with Crippen LogP contribution in [0.5, 0.6) is 0 Å². The first-order chi connectivity index (χ1) is 10.6. The van der Waals surface area contributed by atoms with Crippen LogP contribution in [0.25, 0.3) is 11.0 Å². The number of hydrogen-bond acceptors (Lipinski definition) is 4. The Morgan fingerprint density at radius 2 is 1.91 bits per heavy atom. The van der Waals surface area contributed by atoms with Gasteiger partial charge in [-0.15, -0.1) is 0 Å². The van der Waals surface area contributed by atoms with Gasteiger partial charge in [0.25, 0.3) is 5.91 Å². The van der Waals surface area contributed by atoms with Crippen LogP contribution in [-0.2, 0) is 4.79 Å². The predicted molar refractivity (Wildman–Crippen MR) is 80.6 cm³/mol. The molecule has 6 heteroatoms. The molecule has 1 N–H and O–H groups in total. The minimum absolute atomic E-state index is 0.0899. The first-order valence-corrected chi connectivity index (χ1v) is 7.24. The number of likely N-dealkylation sites (tertiary alicyclic amines) is 1. The molecule has 0 aliphatic carbocycles. The van der Waals surface area contributed by atoms with Gasteiger partial charge in [-0.05, 0) is 25.0 Å². The molecule has 2 heterocycles. The van der Waals surface area contributed by atoms with Crippen LogP contribution in [0.2, 0.25) is 0 Å². The highest BCUT2D eigenvalue weighted by molar-refractivity contribution is 5.98. The van der Waals surface area contributed by atoms with Crippen molar-refractivity contribution in [1.29, 1.82) is 0 Å². The molecule has 1 fully saturated rings. The van der Waals surface area contributed by atoms with Crippen molar-refractivity contribution in [2.75, 3.05) is 19.6 Å². The van der Waals surface area contributed by atoms with Crippen molar-refractivity contribution in [3.63, 3.8) is 0 Å². The zero-order valence-electron chi connectivity index (χ0n) is 12.0. The number of hydrogen-bond donors (Lipinski definition) is 1. The molecule has 0 bridgehead atoms. The Hall–Kier alpha value is -2.63. The summed E-state index contributed by atoms with van der Waals surface area (Å²) >= 11 is 0. The fourth-order valence-corrected chi connectivity index (χ4v) is 2.55. The smallest absolute Gasteiger partial charge is 0.349 e. The number of carbonyl (C=O) groups excluding carboxylic acids is 2. The Labute approximate surface area is 126 Å². The molecule has 0 radical (unpaired) electrons. The molecular formula is C16H16N2O4. The van der Waals surface area contributed by atoms with Gasteiger partial charge in [-0.2, -0.15) is 0 Å². The van der Waals surface area contributed by atoms with Gasteiger partial charge < -0.3 is 14.6 Å². The molecule has 0 atom stereocenters. The summed E-state index contributed by atoms with van der Waals surface area (Å²) in [5.41, 5.74) is -0.366. The van der Waals surface area contributed by atoms with E-state index in [0.717, 1.165) is 25.9 Å². The SMILES string of the molecule is O=C(NCC(=O)N1CCCC1)c1cc2ccccc2oc1=O. The van der Waals surface area contributed by atoms with Gasteiger partial charge in [-0.3, -0.25) is 9.59 Å². The molecule has 22 heavy (non-hydrogen) atoms. The Kier molecular flexibility index (Phi) is 3.91. The van der Waals surface area contributed by atoms with Crippen LogP contribution in [0.15, 0.2) is 39.5 Å². The number of benzene rings is 1. The standard InChI is InChI=1S/C16H16N2O4/c19-14(18-7-3-4-8-18)10-17-15(20)12-9-11-5-1-2-6-13(11)22-16(12)21/h1-2,5-6,9H,3-4,7-8,10H2,(H,17,20). The maximum absolute atomic E-state index is 12.1. The van der Waals surface area contributed by atoms with E-state index >= 15 is 0 Å². The molecule has 1 aliphatic rings. The summed E-state index contributed by atoms with van der Waals surface area (Å²) < 4.78 is 5.11. The zero-order chi connectivity index (χ0) is 15.5. The first-order valence-electron chi connectivity index (χ1n) is 7.24. The van der Waals surface area contributed by atoms with Crippen molar-refractivity contribution in [2.24, 2.45) is 0 Å². The third kappa shape index (κ3) is 2.86. The van der Waals surface area contributed by atoms with Crippen molar-refractivity contribution >= 4 is 22.8 Å². The number of fused-ring (bicyclic) bond motifs is 1. The van der Waals surface area contributed by atoms with Crippen LogP contribution < -0.4 is 10.9 Å². The lowest BCUT2D eigenvalue weighted by Gasteiger charge is -2.15.